The van der Waals surface area contributed by atoms with Crippen molar-refractivity contribution in [3.63, 3.8) is 0 Å². The molecule has 3 aromatic rings. The number of rotatable bonds is 3. The van der Waals surface area contributed by atoms with Gasteiger partial charge in [0.05, 0.1) is 24.3 Å². The Balaban J connectivity index is 1.71. The van der Waals surface area contributed by atoms with Crippen LogP contribution in [0.25, 0.3) is 22.3 Å². The van der Waals surface area contributed by atoms with Crippen molar-refractivity contribution < 1.29 is 4.74 Å². The molecule has 1 aliphatic rings. The zero-order valence-corrected chi connectivity index (χ0v) is 14.7. The van der Waals surface area contributed by atoms with Crippen LogP contribution in [0.5, 0.6) is 0 Å². The molecule has 0 spiro atoms. The SMILES string of the molecule is CSc1cc(-c2ccc(N3CCOCC3)nc2)nc2ncnc(N)c12. The van der Waals surface area contributed by atoms with Gasteiger partial charge in [-0.25, -0.2) is 19.9 Å². The van der Waals surface area contributed by atoms with Crippen molar-refractivity contribution in [2.75, 3.05) is 43.2 Å². The van der Waals surface area contributed by atoms with Crippen LogP contribution in [0.2, 0.25) is 0 Å². The molecule has 1 fully saturated rings. The van der Waals surface area contributed by atoms with E-state index in [9.17, 15) is 0 Å². The van der Waals surface area contributed by atoms with Crippen LogP contribution in [-0.4, -0.2) is 52.5 Å². The Morgan fingerprint density at radius 3 is 2.72 bits per heavy atom. The number of hydrogen-bond acceptors (Lipinski definition) is 8. The van der Waals surface area contributed by atoms with Gasteiger partial charge in [-0.3, -0.25) is 0 Å². The minimum atomic E-state index is 0.453. The van der Waals surface area contributed by atoms with Crippen molar-refractivity contribution >= 4 is 34.4 Å². The molecule has 4 heterocycles. The van der Waals surface area contributed by atoms with E-state index in [0.717, 1.165) is 53.7 Å². The number of ether oxygens (including phenoxy) is 1. The van der Waals surface area contributed by atoms with E-state index in [0.29, 0.717) is 11.5 Å². The predicted octanol–water partition coefficient (Wildman–Crippen LogP) is 2.23. The summed E-state index contributed by atoms with van der Waals surface area (Å²) in [6.45, 7) is 3.22. The number of nitrogen functional groups attached to an aromatic ring is 1. The van der Waals surface area contributed by atoms with Crippen molar-refractivity contribution in [2.45, 2.75) is 4.90 Å². The Kier molecular flexibility index (Phi) is 4.37. The molecule has 0 aromatic carbocycles. The van der Waals surface area contributed by atoms with E-state index in [1.54, 1.807) is 11.8 Å². The van der Waals surface area contributed by atoms with E-state index in [1.165, 1.54) is 6.33 Å². The second-order valence-corrected chi connectivity index (χ2v) is 6.52. The Morgan fingerprint density at radius 2 is 2.00 bits per heavy atom. The van der Waals surface area contributed by atoms with Gasteiger partial charge in [-0.05, 0) is 24.5 Å². The highest BCUT2D eigenvalue weighted by Crippen LogP contribution is 2.31. The maximum absolute atomic E-state index is 5.99. The Bertz CT molecular complexity index is 896. The predicted molar refractivity (Wildman–Crippen MR) is 99.8 cm³/mol. The molecule has 0 saturated carbocycles. The third-order valence-electron chi connectivity index (χ3n) is 4.20. The second-order valence-electron chi connectivity index (χ2n) is 5.67. The molecule has 0 bridgehead atoms. The third-order valence-corrected chi connectivity index (χ3v) is 4.96. The van der Waals surface area contributed by atoms with Gasteiger partial charge in [-0.1, -0.05) is 0 Å². The topological polar surface area (TPSA) is 90.0 Å². The van der Waals surface area contributed by atoms with Crippen molar-refractivity contribution in [3.05, 3.63) is 30.7 Å². The maximum atomic E-state index is 5.99. The number of nitrogens with zero attached hydrogens (tertiary/aromatic N) is 5. The molecule has 0 unspecified atom stereocenters. The Morgan fingerprint density at radius 1 is 1.16 bits per heavy atom. The first-order valence-electron chi connectivity index (χ1n) is 8.00. The molecule has 0 atom stereocenters. The van der Waals surface area contributed by atoms with Gasteiger partial charge >= 0.3 is 0 Å². The fraction of sp³-hybridized carbons (Fsp3) is 0.294. The lowest BCUT2D eigenvalue weighted by atomic mass is 10.1. The van der Waals surface area contributed by atoms with E-state index >= 15 is 0 Å². The van der Waals surface area contributed by atoms with Crippen molar-refractivity contribution in [1.29, 1.82) is 0 Å². The van der Waals surface area contributed by atoms with Crippen molar-refractivity contribution in [3.8, 4) is 11.3 Å². The van der Waals surface area contributed by atoms with Crippen LogP contribution in [0.4, 0.5) is 11.6 Å². The lowest BCUT2D eigenvalue weighted by Crippen LogP contribution is -2.36. The summed E-state index contributed by atoms with van der Waals surface area (Å²) in [5.74, 6) is 1.42. The molecule has 0 radical (unpaired) electrons. The summed E-state index contributed by atoms with van der Waals surface area (Å²) < 4.78 is 5.39. The summed E-state index contributed by atoms with van der Waals surface area (Å²) in [6.07, 6.45) is 5.30. The normalized spacial score (nSPS) is 14.8. The van der Waals surface area contributed by atoms with Gasteiger partial charge in [0.1, 0.15) is 18.0 Å². The fourth-order valence-corrected chi connectivity index (χ4v) is 3.51. The van der Waals surface area contributed by atoms with Crippen LogP contribution >= 0.6 is 11.8 Å². The molecule has 0 aliphatic carbocycles. The maximum Gasteiger partial charge on any atom is 0.166 e. The Labute approximate surface area is 149 Å². The van der Waals surface area contributed by atoms with Crippen LogP contribution in [0.1, 0.15) is 0 Å². The summed E-state index contributed by atoms with van der Waals surface area (Å²) in [7, 11) is 0. The van der Waals surface area contributed by atoms with Gasteiger partial charge in [0.2, 0.25) is 0 Å². The van der Waals surface area contributed by atoms with Gasteiger partial charge in [0, 0.05) is 29.7 Å². The van der Waals surface area contributed by atoms with E-state index in [-0.39, 0.29) is 0 Å². The number of hydrogen-bond donors (Lipinski definition) is 1. The highest BCUT2D eigenvalue weighted by Gasteiger charge is 2.14. The lowest BCUT2D eigenvalue weighted by molar-refractivity contribution is 0.122. The van der Waals surface area contributed by atoms with Gasteiger partial charge in [-0.15, -0.1) is 11.8 Å². The molecular formula is C17H18N6OS. The molecule has 2 N–H and O–H groups in total. The average molecular weight is 354 g/mol. The summed E-state index contributed by atoms with van der Waals surface area (Å²) in [4.78, 5) is 20.8. The first-order chi connectivity index (χ1) is 12.3. The Hall–Kier alpha value is -2.45. The average Bonchev–Trinajstić information content (AvgIpc) is 2.68. The first-order valence-corrected chi connectivity index (χ1v) is 9.23. The number of aromatic nitrogens is 4. The van der Waals surface area contributed by atoms with Crippen molar-refractivity contribution in [1.82, 2.24) is 19.9 Å². The summed E-state index contributed by atoms with van der Waals surface area (Å²) in [5.41, 5.74) is 8.37. The number of morpholine rings is 1. The highest BCUT2D eigenvalue weighted by molar-refractivity contribution is 7.98. The largest absolute Gasteiger partial charge is 0.383 e. The lowest BCUT2D eigenvalue weighted by Gasteiger charge is -2.27. The van der Waals surface area contributed by atoms with Crippen LogP contribution in [0.15, 0.2) is 35.6 Å². The van der Waals surface area contributed by atoms with Crippen molar-refractivity contribution in [2.24, 2.45) is 0 Å². The van der Waals surface area contributed by atoms with E-state index in [1.807, 2.05) is 30.7 Å². The summed E-state index contributed by atoms with van der Waals surface area (Å²) in [6, 6.07) is 6.08. The minimum absolute atomic E-state index is 0.453. The van der Waals surface area contributed by atoms with Gasteiger partial charge in [0.15, 0.2) is 5.65 Å². The zero-order chi connectivity index (χ0) is 17.2. The van der Waals surface area contributed by atoms with Gasteiger partial charge < -0.3 is 15.4 Å². The number of nitrogens with two attached hydrogens (primary N) is 1. The highest BCUT2D eigenvalue weighted by atomic mass is 32.2. The smallest absolute Gasteiger partial charge is 0.166 e. The number of pyridine rings is 2. The van der Waals surface area contributed by atoms with Crippen LogP contribution in [0, 0.1) is 0 Å². The molecule has 1 aliphatic heterocycles. The molecular weight excluding hydrogens is 336 g/mol. The van der Waals surface area contributed by atoms with Crippen LogP contribution in [-0.2, 0) is 4.74 Å². The van der Waals surface area contributed by atoms with Crippen LogP contribution < -0.4 is 10.6 Å². The molecule has 3 aromatic heterocycles. The molecule has 128 valence electrons. The van der Waals surface area contributed by atoms with Gasteiger partial charge in [0.25, 0.3) is 0 Å². The van der Waals surface area contributed by atoms with Gasteiger partial charge in [-0.2, -0.15) is 0 Å². The van der Waals surface area contributed by atoms with E-state index in [4.69, 9.17) is 10.5 Å². The summed E-state index contributed by atoms with van der Waals surface area (Å²) >= 11 is 1.60. The fourth-order valence-electron chi connectivity index (χ4n) is 2.88. The molecule has 8 heteroatoms. The third kappa shape index (κ3) is 3.10. The molecule has 4 rings (SSSR count). The number of thioether (sulfide) groups is 1. The first kappa shape index (κ1) is 16.0. The number of anilines is 2. The van der Waals surface area contributed by atoms with Crippen LogP contribution in [0.3, 0.4) is 0 Å². The second kappa shape index (κ2) is 6.81. The standard InChI is InChI=1S/C17H18N6OS/c1-25-13-8-12(22-17-15(13)16(18)20-10-21-17)11-2-3-14(19-9-11)23-4-6-24-7-5-23/h2-3,8-10H,4-7H2,1H3,(H2,18,20,21,22). The monoisotopic (exact) mass is 354 g/mol. The quantitative estimate of drug-likeness (QED) is 0.716. The zero-order valence-electron chi connectivity index (χ0n) is 13.8. The minimum Gasteiger partial charge on any atom is -0.383 e. The molecule has 0 amide bonds. The molecule has 1 saturated heterocycles. The molecule has 25 heavy (non-hydrogen) atoms. The van der Waals surface area contributed by atoms with E-state index in [2.05, 4.69) is 24.8 Å². The summed E-state index contributed by atoms with van der Waals surface area (Å²) in [5, 5.41) is 0.802. The van der Waals surface area contributed by atoms with E-state index < -0.39 is 0 Å². The molecule has 7 nitrogen and oxygen atoms in total. The number of fused-ring (bicyclic) bond motifs is 1.